The normalized spacial score (nSPS) is 18.9. The summed E-state index contributed by atoms with van der Waals surface area (Å²) in [5.74, 6) is 1.77. The number of anilines is 2. The van der Waals surface area contributed by atoms with Crippen LogP contribution in [0.3, 0.4) is 0 Å². The molecule has 2 aliphatic rings. The van der Waals surface area contributed by atoms with Crippen LogP contribution >= 0.6 is 0 Å². The average molecular weight is 357 g/mol. The van der Waals surface area contributed by atoms with Gasteiger partial charge in [0, 0.05) is 38.0 Å². The van der Waals surface area contributed by atoms with Gasteiger partial charge >= 0.3 is 0 Å². The molecule has 2 saturated heterocycles. The summed E-state index contributed by atoms with van der Waals surface area (Å²) in [5, 5.41) is 11.6. The standard InChI is InChI=1S/C18H23N5O3/c1-24-15-5-3-2-4-14(15)12-19-16-13-20-22-17(21-16)23-8-6-18(7-9-23)25-10-11-26-18/h2-5,13H,6-12H2,1H3,(H,19,21,22). The molecule has 0 aliphatic carbocycles. The number of benzene rings is 1. The van der Waals surface area contributed by atoms with Crippen molar-refractivity contribution in [1.29, 1.82) is 0 Å². The summed E-state index contributed by atoms with van der Waals surface area (Å²) in [7, 11) is 1.67. The van der Waals surface area contributed by atoms with Gasteiger partial charge < -0.3 is 24.4 Å². The van der Waals surface area contributed by atoms with Crippen molar-refractivity contribution in [3.63, 3.8) is 0 Å². The predicted octanol–water partition coefficient (Wildman–Crippen LogP) is 1.84. The fraction of sp³-hybridized carbons (Fsp3) is 0.500. The third kappa shape index (κ3) is 3.56. The zero-order valence-electron chi connectivity index (χ0n) is 14.9. The van der Waals surface area contributed by atoms with Crippen LogP contribution in [0.15, 0.2) is 30.5 Å². The van der Waals surface area contributed by atoms with Gasteiger partial charge in [0.05, 0.1) is 26.5 Å². The molecule has 8 heteroatoms. The fourth-order valence-corrected chi connectivity index (χ4v) is 3.38. The molecule has 0 atom stereocenters. The molecule has 1 spiro atoms. The van der Waals surface area contributed by atoms with E-state index in [0.717, 1.165) is 37.2 Å². The highest BCUT2D eigenvalue weighted by molar-refractivity contribution is 5.42. The van der Waals surface area contributed by atoms with Gasteiger partial charge in [-0.25, -0.2) is 0 Å². The van der Waals surface area contributed by atoms with Crippen LogP contribution in [0.4, 0.5) is 11.8 Å². The number of para-hydroxylation sites is 1. The molecule has 2 aromatic rings. The maximum absolute atomic E-state index is 5.77. The fourth-order valence-electron chi connectivity index (χ4n) is 3.38. The van der Waals surface area contributed by atoms with Crippen molar-refractivity contribution in [3.8, 4) is 5.75 Å². The van der Waals surface area contributed by atoms with Crippen LogP contribution in [-0.2, 0) is 16.0 Å². The van der Waals surface area contributed by atoms with Crippen molar-refractivity contribution < 1.29 is 14.2 Å². The summed E-state index contributed by atoms with van der Waals surface area (Å²) >= 11 is 0. The van der Waals surface area contributed by atoms with E-state index in [1.165, 1.54) is 0 Å². The maximum Gasteiger partial charge on any atom is 0.247 e. The second kappa shape index (κ2) is 7.43. The molecule has 1 N–H and O–H groups in total. The van der Waals surface area contributed by atoms with Gasteiger partial charge in [0.1, 0.15) is 5.75 Å². The summed E-state index contributed by atoms with van der Waals surface area (Å²) in [4.78, 5) is 6.72. The Morgan fingerprint density at radius 1 is 1.19 bits per heavy atom. The van der Waals surface area contributed by atoms with E-state index in [2.05, 4.69) is 25.4 Å². The molecule has 0 bridgehead atoms. The zero-order chi connectivity index (χ0) is 17.8. The number of rotatable bonds is 5. The van der Waals surface area contributed by atoms with Crippen molar-refractivity contribution >= 4 is 11.8 Å². The van der Waals surface area contributed by atoms with Gasteiger partial charge in [-0.1, -0.05) is 18.2 Å². The van der Waals surface area contributed by atoms with E-state index < -0.39 is 5.79 Å². The quantitative estimate of drug-likeness (QED) is 0.868. The van der Waals surface area contributed by atoms with Crippen LogP contribution in [0.25, 0.3) is 0 Å². The van der Waals surface area contributed by atoms with E-state index in [9.17, 15) is 0 Å². The first kappa shape index (κ1) is 17.0. The monoisotopic (exact) mass is 357 g/mol. The van der Waals surface area contributed by atoms with Crippen molar-refractivity contribution in [2.45, 2.75) is 25.2 Å². The van der Waals surface area contributed by atoms with E-state index in [0.29, 0.717) is 31.5 Å². The van der Waals surface area contributed by atoms with Gasteiger partial charge in [-0.2, -0.15) is 10.1 Å². The summed E-state index contributed by atoms with van der Waals surface area (Å²) in [6.45, 7) is 3.54. The number of hydrogen-bond acceptors (Lipinski definition) is 8. The Bertz CT molecular complexity index is 741. The molecule has 4 rings (SSSR count). The lowest BCUT2D eigenvalue weighted by molar-refractivity contribution is -0.169. The Balaban J connectivity index is 1.39. The second-order valence-corrected chi connectivity index (χ2v) is 6.40. The molecule has 0 saturated carbocycles. The lowest BCUT2D eigenvalue weighted by Crippen LogP contribution is -2.45. The van der Waals surface area contributed by atoms with Crippen LogP contribution in [0, 0.1) is 0 Å². The van der Waals surface area contributed by atoms with Crippen LogP contribution < -0.4 is 15.0 Å². The molecule has 3 heterocycles. The lowest BCUT2D eigenvalue weighted by Gasteiger charge is -2.37. The molecule has 8 nitrogen and oxygen atoms in total. The van der Waals surface area contributed by atoms with E-state index in [1.807, 2.05) is 24.3 Å². The van der Waals surface area contributed by atoms with Crippen molar-refractivity contribution in [3.05, 3.63) is 36.0 Å². The van der Waals surface area contributed by atoms with Crippen LogP contribution in [-0.4, -0.2) is 54.4 Å². The molecular weight excluding hydrogens is 334 g/mol. The SMILES string of the molecule is COc1ccccc1CNc1cnnc(N2CCC3(CC2)OCCO3)n1. The summed E-state index contributed by atoms with van der Waals surface area (Å²) < 4.78 is 16.9. The third-order valence-electron chi connectivity index (χ3n) is 4.82. The number of nitrogens with one attached hydrogen (secondary N) is 1. The summed E-state index contributed by atoms with van der Waals surface area (Å²) in [6, 6.07) is 7.90. The summed E-state index contributed by atoms with van der Waals surface area (Å²) in [5.41, 5.74) is 1.06. The number of nitrogens with zero attached hydrogens (tertiary/aromatic N) is 4. The molecule has 2 aliphatic heterocycles. The number of ether oxygens (including phenoxy) is 3. The average Bonchev–Trinajstić information content (AvgIpc) is 3.15. The highest BCUT2D eigenvalue weighted by Gasteiger charge is 2.40. The lowest BCUT2D eigenvalue weighted by atomic mass is 10.0. The minimum absolute atomic E-state index is 0.399. The van der Waals surface area contributed by atoms with Crippen LogP contribution in [0.2, 0.25) is 0 Å². The summed E-state index contributed by atoms with van der Waals surface area (Å²) in [6.07, 6.45) is 3.26. The van der Waals surface area contributed by atoms with Gasteiger partial charge in [-0.05, 0) is 6.07 Å². The highest BCUT2D eigenvalue weighted by Crippen LogP contribution is 2.32. The van der Waals surface area contributed by atoms with E-state index in [-0.39, 0.29) is 0 Å². The topological polar surface area (TPSA) is 81.6 Å². The smallest absolute Gasteiger partial charge is 0.247 e. The first-order valence-corrected chi connectivity index (χ1v) is 8.86. The highest BCUT2D eigenvalue weighted by atomic mass is 16.7. The Morgan fingerprint density at radius 3 is 2.73 bits per heavy atom. The number of piperidine rings is 1. The Morgan fingerprint density at radius 2 is 1.96 bits per heavy atom. The largest absolute Gasteiger partial charge is 0.496 e. The van der Waals surface area contributed by atoms with Crippen LogP contribution in [0.1, 0.15) is 18.4 Å². The van der Waals surface area contributed by atoms with Gasteiger partial charge in [0.15, 0.2) is 11.6 Å². The van der Waals surface area contributed by atoms with Crippen LogP contribution in [0.5, 0.6) is 5.75 Å². The van der Waals surface area contributed by atoms with Gasteiger partial charge in [-0.3, -0.25) is 0 Å². The molecule has 0 unspecified atom stereocenters. The maximum atomic E-state index is 5.77. The Labute approximate surface area is 152 Å². The molecule has 2 fully saturated rings. The molecule has 1 aromatic heterocycles. The predicted molar refractivity (Wildman–Crippen MR) is 96.2 cm³/mol. The van der Waals surface area contributed by atoms with Gasteiger partial charge in [0.25, 0.3) is 0 Å². The second-order valence-electron chi connectivity index (χ2n) is 6.40. The minimum Gasteiger partial charge on any atom is -0.496 e. The van der Waals surface area contributed by atoms with Gasteiger partial charge in [0.2, 0.25) is 5.95 Å². The van der Waals surface area contributed by atoms with Gasteiger partial charge in [-0.15, -0.1) is 5.10 Å². The first-order valence-electron chi connectivity index (χ1n) is 8.86. The molecule has 0 amide bonds. The molecular formula is C18H23N5O3. The molecule has 138 valence electrons. The van der Waals surface area contributed by atoms with Crippen molar-refractivity contribution in [2.24, 2.45) is 0 Å². The first-order chi connectivity index (χ1) is 12.8. The molecule has 0 radical (unpaired) electrons. The molecule has 26 heavy (non-hydrogen) atoms. The zero-order valence-corrected chi connectivity index (χ0v) is 14.9. The van der Waals surface area contributed by atoms with E-state index in [4.69, 9.17) is 14.2 Å². The van der Waals surface area contributed by atoms with Crippen molar-refractivity contribution in [1.82, 2.24) is 15.2 Å². The number of aromatic nitrogens is 3. The van der Waals surface area contributed by atoms with E-state index >= 15 is 0 Å². The Hall–Kier alpha value is -2.45. The molecule has 1 aromatic carbocycles. The minimum atomic E-state index is -0.399. The Kier molecular flexibility index (Phi) is 4.85. The van der Waals surface area contributed by atoms with E-state index in [1.54, 1.807) is 13.3 Å². The number of methoxy groups -OCH3 is 1. The third-order valence-corrected chi connectivity index (χ3v) is 4.82. The van der Waals surface area contributed by atoms with Crippen molar-refractivity contribution in [2.75, 3.05) is 43.6 Å². The number of hydrogen-bond donors (Lipinski definition) is 1.